The topological polar surface area (TPSA) is 55.3 Å². The summed E-state index contributed by atoms with van der Waals surface area (Å²) in [5, 5.41) is 2.12. The van der Waals surface area contributed by atoms with E-state index in [1.165, 1.54) is 11.3 Å². The summed E-state index contributed by atoms with van der Waals surface area (Å²) in [7, 11) is 0. The number of pyridine rings is 1. The lowest BCUT2D eigenvalue weighted by Crippen LogP contribution is -2.35. The summed E-state index contributed by atoms with van der Waals surface area (Å²) >= 11 is 7.82. The summed E-state index contributed by atoms with van der Waals surface area (Å²) in [6.07, 6.45) is 7.76. The van der Waals surface area contributed by atoms with Crippen molar-refractivity contribution in [3.63, 3.8) is 0 Å². The molecular weight excluding hydrogens is 394 g/mol. The highest BCUT2D eigenvalue weighted by atomic mass is 35.5. The fraction of sp³-hybridized carbons (Fsp3) is 0.286. The largest absolute Gasteiger partial charge is 0.481 e. The number of anilines is 1. The highest BCUT2D eigenvalue weighted by Gasteiger charge is 2.23. The van der Waals surface area contributed by atoms with Gasteiger partial charge in [-0.25, -0.2) is 4.98 Å². The number of amides is 1. The zero-order chi connectivity index (χ0) is 19.5. The van der Waals surface area contributed by atoms with Crippen LogP contribution in [0.5, 0.6) is 5.75 Å². The van der Waals surface area contributed by atoms with Crippen LogP contribution >= 0.6 is 22.9 Å². The molecule has 0 spiro atoms. The molecule has 7 heteroatoms. The number of halogens is 1. The van der Waals surface area contributed by atoms with Gasteiger partial charge < -0.3 is 4.74 Å². The van der Waals surface area contributed by atoms with Crippen molar-refractivity contribution >= 4 is 44.9 Å². The Morgan fingerprint density at radius 1 is 1.32 bits per heavy atom. The summed E-state index contributed by atoms with van der Waals surface area (Å²) < 4.78 is 5.82. The number of hydrogen-bond acceptors (Lipinski definition) is 5. The number of benzene rings is 1. The summed E-state index contributed by atoms with van der Waals surface area (Å²) in [6.45, 7) is 4.07. The highest BCUT2D eigenvalue weighted by molar-refractivity contribution is 7.16. The molecule has 0 fully saturated rings. The maximum absolute atomic E-state index is 12.9. The highest BCUT2D eigenvalue weighted by Crippen LogP contribution is 2.32. The molecule has 1 aromatic carbocycles. The number of fused-ring (bicyclic) bond motifs is 2. The second-order valence-corrected chi connectivity index (χ2v) is 8.07. The third-order valence-electron chi connectivity index (χ3n) is 4.71. The minimum Gasteiger partial charge on any atom is -0.481 e. The number of aryl methyl sites for hydroxylation is 2. The van der Waals surface area contributed by atoms with Gasteiger partial charge in [0.05, 0.1) is 10.7 Å². The monoisotopic (exact) mass is 413 g/mol. The Bertz CT molecular complexity index is 1010. The average molecular weight is 414 g/mol. The molecule has 0 aliphatic heterocycles. The predicted molar refractivity (Wildman–Crippen MR) is 114 cm³/mol. The first-order valence-corrected chi connectivity index (χ1v) is 10.4. The number of hydrogen-bond donors (Lipinski definition) is 0. The van der Waals surface area contributed by atoms with E-state index < -0.39 is 0 Å². The Morgan fingerprint density at radius 3 is 3.00 bits per heavy atom. The number of ether oxygens (including phenoxy) is 1. The molecule has 0 saturated heterocycles. The van der Waals surface area contributed by atoms with Crippen molar-refractivity contribution in [2.45, 2.75) is 25.7 Å². The van der Waals surface area contributed by atoms with E-state index in [0.29, 0.717) is 22.8 Å². The van der Waals surface area contributed by atoms with Crippen molar-refractivity contribution in [3.8, 4) is 5.75 Å². The lowest BCUT2D eigenvalue weighted by Gasteiger charge is -2.18. The SMILES string of the molecule is C=CCN(C(=O)COc1ccc(Cl)c2cccnc12)c1nc2c(s1)CCCC2. The number of thiazole rings is 1. The van der Waals surface area contributed by atoms with Gasteiger partial charge in [-0.15, -0.1) is 17.9 Å². The zero-order valence-electron chi connectivity index (χ0n) is 15.4. The van der Waals surface area contributed by atoms with E-state index in [0.717, 1.165) is 35.5 Å². The van der Waals surface area contributed by atoms with E-state index in [1.807, 2.05) is 12.1 Å². The van der Waals surface area contributed by atoms with Crippen LogP contribution in [0.3, 0.4) is 0 Å². The maximum atomic E-state index is 12.9. The quantitative estimate of drug-likeness (QED) is 0.543. The van der Waals surface area contributed by atoms with Crippen LogP contribution < -0.4 is 9.64 Å². The predicted octanol–water partition coefficient (Wildman–Crippen LogP) is 4.82. The van der Waals surface area contributed by atoms with Crippen molar-refractivity contribution in [3.05, 3.63) is 58.7 Å². The molecule has 4 rings (SSSR count). The van der Waals surface area contributed by atoms with Gasteiger partial charge in [0.15, 0.2) is 11.7 Å². The molecule has 2 aromatic heterocycles. The molecule has 144 valence electrons. The van der Waals surface area contributed by atoms with Gasteiger partial charge in [-0.3, -0.25) is 14.7 Å². The molecule has 0 unspecified atom stereocenters. The minimum absolute atomic E-state index is 0.106. The molecular formula is C21H20ClN3O2S. The Labute approximate surface area is 172 Å². The van der Waals surface area contributed by atoms with Crippen LogP contribution in [0.4, 0.5) is 5.13 Å². The van der Waals surface area contributed by atoms with Gasteiger partial charge in [0.1, 0.15) is 11.3 Å². The van der Waals surface area contributed by atoms with E-state index in [4.69, 9.17) is 21.3 Å². The van der Waals surface area contributed by atoms with E-state index in [9.17, 15) is 4.79 Å². The van der Waals surface area contributed by atoms with Crippen LogP contribution in [0.1, 0.15) is 23.4 Å². The van der Waals surface area contributed by atoms with Gasteiger partial charge in [-0.05, 0) is 49.9 Å². The fourth-order valence-electron chi connectivity index (χ4n) is 3.32. The third kappa shape index (κ3) is 3.75. The number of aromatic nitrogens is 2. The summed E-state index contributed by atoms with van der Waals surface area (Å²) in [5.74, 6) is 0.371. The molecule has 2 heterocycles. The van der Waals surface area contributed by atoms with Crippen molar-refractivity contribution in [2.24, 2.45) is 0 Å². The molecule has 1 aliphatic rings. The van der Waals surface area contributed by atoms with Gasteiger partial charge in [0, 0.05) is 23.0 Å². The van der Waals surface area contributed by atoms with Gasteiger partial charge in [0.2, 0.25) is 0 Å². The van der Waals surface area contributed by atoms with E-state index in [-0.39, 0.29) is 12.5 Å². The number of carbonyl (C=O) groups is 1. The first-order chi connectivity index (χ1) is 13.7. The summed E-state index contributed by atoms with van der Waals surface area (Å²) in [5.41, 5.74) is 1.77. The fourth-order valence-corrected chi connectivity index (χ4v) is 4.71. The van der Waals surface area contributed by atoms with Crippen molar-refractivity contribution in [1.82, 2.24) is 9.97 Å². The van der Waals surface area contributed by atoms with Crippen LogP contribution in [-0.4, -0.2) is 29.0 Å². The zero-order valence-corrected chi connectivity index (χ0v) is 16.9. The molecule has 28 heavy (non-hydrogen) atoms. The van der Waals surface area contributed by atoms with Crippen LogP contribution in [0.2, 0.25) is 5.02 Å². The van der Waals surface area contributed by atoms with Crippen molar-refractivity contribution in [1.29, 1.82) is 0 Å². The van der Waals surface area contributed by atoms with Crippen molar-refractivity contribution in [2.75, 3.05) is 18.1 Å². The van der Waals surface area contributed by atoms with Crippen molar-refractivity contribution < 1.29 is 9.53 Å². The van der Waals surface area contributed by atoms with Gasteiger partial charge in [0.25, 0.3) is 5.91 Å². The smallest absolute Gasteiger partial charge is 0.266 e. The number of nitrogens with zero attached hydrogens (tertiary/aromatic N) is 3. The minimum atomic E-state index is -0.162. The van der Waals surface area contributed by atoms with E-state index in [2.05, 4.69) is 11.6 Å². The van der Waals surface area contributed by atoms with Crippen LogP contribution in [-0.2, 0) is 17.6 Å². The number of carbonyl (C=O) groups excluding carboxylic acids is 1. The van der Waals surface area contributed by atoms with E-state index in [1.54, 1.807) is 40.6 Å². The van der Waals surface area contributed by atoms with Gasteiger partial charge >= 0.3 is 0 Å². The molecule has 5 nitrogen and oxygen atoms in total. The average Bonchev–Trinajstić information content (AvgIpc) is 3.15. The second-order valence-electron chi connectivity index (χ2n) is 6.60. The molecule has 0 N–H and O–H groups in total. The Kier molecular flexibility index (Phi) is 5.59. The van der Waals surface area contributed by atoms with Crippen LogP contribution in [0, 0.1) is 0 Å². The molecule has 0 saturated carbocycles. The molecule has 1 amide bonds. The van der Waals surface area contributed by atoms with Crippen LogP contribution in [0.15, 0.2) is 43.1 Å². The van der Waals surface area contributed by atoms with E-state index >= 15 is 0 Å². The first-order valence-electron chi connectivity index (χ1n) is 9.23. The third-order valence-corrected chi connectivity index (χ3v) is 6.22. The standard InChI is InChI=1S/C21H20ClN3O2S/c1-2-12-25(21-24-16-7-3-4-8-18(16)28-21)19(26)13-27-17-10-9-15(22)14-6-5-11-23-20(14)17/h2,5-6,9-11H,1,3-4,7-8,12-13H2. The molecule has 1 aliphatic carbocycles. The van der Waals surface area contributed by atoms with Crippen LogP contribution in [0.25, 0.3) is 10.9 Å². The molecule has 3 aromatic rings. The summed E-state index contributed by atoms with van der Waals surface area (Å²) in [4.78, 5) is 24.9. The Hall–Kier alpha value is -2.44. The Balaban J connectivity index is 1.54. The first kappa shape index (κ1) is 18.9. The maximum Gasteiger partial charge on any atom is 0.266 e. The normalized spacial score (nSPS) is 13.2. The Morgan fingerprint density at radius 2 is 2.18 bits per heavy atom. The molecule has 0 radical (unpaired) electrons. The molecule has 0 atom stereocenters. The molecule has 0 bridgehead atoms. The number of rotatable bonds is 6. The van der Waals surface area contributed by atoms with Gasteiger partial charge in [-0.1, -0.05) is 17.7 Å². The summed E-state index contributed by atoms with van der Waals surface area (Å²) in [6, 6.07) is 7.19. The lowest BCUT2D eigenvalue weighted by atomic mass is 10.0. The lowest BCUT2D eigenvalue weighted by molar-refractivity contribution is -0.120. The second kappa shape index (κ2) is 8.29. The van der Waals surface area contributed by atoms with Gasteiger partial charge in [-0.2, -0.15) is 0 Å².